The van der Waals surface area contributed by atoms with Gasteiger partial charge in [0.1, 0.15) is 6.04 Å². The number of amides is 1. The van der Waals surface area contributed by atoms with Gasteiger partial charge in [-0.1, -0.05) is 30.3 Å². The third-order valence-corrected chi connectivity index (χ3v) is 6.28. The molecule has 1 aliphatic heterocycles. The van der Waals surface area contributed by atoms with Crippen molar-refractivity contribution >= 4 is 28.7 Å². The van der Waals surface area contributed by atoms with E-state index in [1.54, 1.807) is 0 Å². The van der Waals surface area contributed by atoms with Crippen LogP contribution in [0.2, 0.25) is 0 Å². The van der Waals surface area contributed by atoms with Gasteiger partial charge in [0, 0.05) is 69.6 Å². The molecule has 0 radical (unpaired) electrons. The average Bonchev–Trinajstić information content (AvgIpc) is 2.86. The van der Waals surface area contributed by atoms with Gasteiger partial charge in [0.2, 0.25) is 5.91 Å². The Kier molecular flexibility index (Phi) is 7.70. The summed E-state index contributed by atoms with van der Waals surface area (Å²) in [5, 5.41) is 6.29. The van der Waals surface area contributed by atoms with Gasteiger partial charge in [-0.25, -0.2) is 0 Å². The summed E-state index contributed by atoms with van der Waals surface area (Å²) in [6, 6.07) is 26.5. The molecule has 1 amide bonds. The number of anilines is 4. The van der Waals surface area contributed by atoms with Crippen molar-refractivity contribution in [3.63, 3.8) is 0 Å². The van der Waals surface area contributed by atoms with E-state index >= 15 is 0 Å². The molecular formula is C28H35N5O. The first kappa shape index (κ1) is 23.6. The molecule has 0 saturated carbocycles. The summed E-state index contributed by atoms with van der Waals surface area (Å²) < 4.78 is 0. The fourth-order valence-electron chi connectivity index (χ4n) is 4.18. The third-order valence-electron chi connectivity index (χ3n) is 6.28. The number of rotatable bonds is 8. The van der Waals surface area contributed by atoms with Crippen molar-refractivity contribution in [2.24, 2.45) is 0 Å². The predicted molar refractivity (Wildman–Crippen MR) is 143 cm³/mol. The van der Waals surface area contributed by atoms with E-state index in [0.29, 0.717) is 0 Å². The number of nitrogens with one attached hydrogen (secondary N) is 2. The molecule has 1 fully saturated rings. The summed E-state index contributed by atoms with van der Waals surface area (Å²) in [6.45, 7) is 7.04. The van der Waals surface area contributed by atoms with Crippen molar-refractivity contribution in [1.29, 1.82) is 0 Å². The van der Waals surface area contributed by atoms with E-state index in [1.165, 1.54) is 11.3 Å². The number of nitrogens with zero attached hydrogens (tertiary/aromatic N) is 3. The summed E-state index contributed by atoms with van der Waals surface area (Å²) in [5.74, 6) is -0.0591. The number of piperazine rings is 1. The Morgan fingerprint density at radius 2 is 1.47 bits per heavy atom. The molecule has 34 heavy (non-hydrogen) atoms. The van der Waals surface area contributed by atoms with Crippen molar-refractivity contribution in [3.8, 4) is 0 Å². The van der Waals surface area contributed by atoms with Crippen LogP contribution in [-0.2, 0) is 11.3 Å². The van der Waals surface area contributed by atoms with Gasteiger partial charge in [-0.2, -0.15) is 0 Å². The lowest BCUT2D eigenvalue weighted by Crippen LogP contribution is -2.45. The van der Waals surface area contributed by atoms with Gasteiger partial charge >= 0.3 is 0 Å². The smallest absolute Gasteiger partial charge is 0.246 e. The zero-order valence-electron chi connectivity index (χ0n) is 20.4. The molecule has 0 aliphatic carbocycles. The van der Waals surface area contributed by atoms with Crippen LogP contribution in [0.25, 0.3) is 0 Å². The van der Waals surface area contributed by atoms with Gasteiger partial charge in [-0.3, -0.25) is 9.69 Å². The monoisotopic (exact) mass is 457 g/mol. The van der Waals surface area contributed by atoms with E-state index in [1.807, 2.05) is 50.2 Å². The Hall–Kier alpha value is -3.51. The van der Waals surface area contributed by atoms with Crippen molar-refractivity contribution in [3.05, 3.63) is 84.4 Å². The van der Waals surface area contributed by atoms with E-state index in [0.717, 1.165) is 49.8 Å². The van der Waals surface area contributed by atoms with Crippen molar-refractivity contribution in [2.75, 3.05) is 60.7 Å². The third kappa shape index (κ3) is 6.29. The first-order valence-corrected chi connectivity index (χ1v) is 11.9. The molecule has 1 aliphatic rings. The van der Waals surface area contributed by atoms with Gasteiger partial charge in [0.25, 0.3) is 0 Å². The molecular weight excluding hydrogens is 422 g/mol. The second-order valence-electron chi connectivity index (χ2n) is 9.09. The van der Waals surface area contributed by atoms with Crippen LogP contribution in [-0.4, -0.2) is 57.1 Å². The van der Waals surface area contributed by atoms with Crippen LogP contribution in [0, 0.1) is 0 Å². The minimum Gasteiger partial charge on any atom is -0.378 e. The second-order valence-corrected chi connectivity index (χ2v) is 9.09. The SMILES string of the molecule is CC(Nc1ccc(N2CCN(Cc3ccccc3)CC2)cc1)C(=O)Nc1ccc(N(C)C)cc1. The van der Waals surface area contributed by atoms with E-state index in [9.17, 15) is 4.79 Å². The molecule has 4 rings (SSSR count). The maximum absolute atomic E-state index is 12.6. The number of carbonyl (C=O) groups is 1. The Bertz CT molecular complexity index is 1040. The maximum Gasteiger partial charge on any atom is 0.246 e. The summed E-state index contributed by atoms with van der Waals surface area (Å²) in [4.78, 5) is 19.6. The standard InChI is InChI=1S/C28H35N5O/c1-22(28(34)30-25-9-13-26(14-10-25)31(2)3)29-24-11-15-27(16-12-24)33-19-17-32(18-20-33)21-23-7-5-4-6-8-23/h4-16,22,29H,17-21H2,1-3H3,(H,30,34). The van der Waals surface area contributed by atoms with E-state index in [2.05, 4.69) is 75.0 Å². The fourth-order valence-corrected chi connectivity index (χ4v) is 4.18. The van der Waals surface area contributed by atoms with Gasteiger partial charge in [0.05, 0.1) is 0 Å². The molecule has 6 heteroatoms. The van der Waals surface area contributed by atoms with Crippen LogP contribution in [0.5, 0.6) is 0 Å². The highest BCUT2D eigenvalue weighted by Crippen LogP contribution is 2.21. The van der Waals surface area contributed by atoms with Crippen LogP contribution in [0.3, 0.4) is 0 Å². The molecule has 1 heterocycles. The first-order valence-electron chi connectivity index (χ1n) is 11.9. The molecule has 6 nitrogen and oxygen atoms in total. The molecule has 0 bridgehead atoms. The van der Waals surface area contributed by atoms with Crippen LogP contribution in [0.4, 0.5) is 22.7 Å². The number of benzene rings is 3. The Labute approximate surface area is 203 Å². The van der Waals surface area contributed by atoms with E-state index in [-0.39, 0.29) is 11.9 Å². The zero-order valence-corrected chi connectivity index (χ0v) is 20.4. The van der Waals surface area contributed by atoms with Crippen LogP contribution >= 0.6 is 0 Å². The Balaban J connectivity index is 1.25. The highest BCUT2D eigenvalue weighted by molar-refractivity contribution is 5.96. The van der Waals surface area contributed by atoms with Crippen LogP contribution in [0.15, 0.2) is 78.9 Å². The predicted octanol–water partition coefficient (Wildman–Crippen LogP) is 4.51. The van der Waals surface area contributed by atoms with Crippen LogP contribution in [0.1, 0.15) is 12.5 Å². The molecule has 3 aromatic rings. The normalized spacial score (nSPS) is 15.0. The van der Waals surface area contributed by atoms with Crippen molar-refractivity contribution < 1.29 is 4.79 Å². The van der Waals surface area contributed by atoms with Gasteiger partial charge in [-0.15, -0.1) is 0 Å². The summed E-state index contributed by atoms with van der Waals surface area (Å²) in [6.07, 6.45) is 0. The molecule has 3 aromatic carbocycles. The number of hydrogen-bond acceptors (Lipinski definition) is 5. The van der Waals surface area contributed by atoms with Crippen molar-refractivity contribution in [2.45, 2.75) is 19.5 Å². The Morgan fingerprint density at radius 1 is 0.853 bits per heavy atom. The minimum atomic E-state index is -0.346. The second kappa shape index (κ2) is 11.1. The minimum absolute atomic E-state index is 0.0591. The zero-order chi connectivity index (χ0) is 23.9. The summed E-state index contributed by atoms with van der Waals surface area (Å²) in [7, 11) is 3.99. The molecule has 0 aromatic heterocycles. The van der Waals surface area contributed by atoms with E-state index in [4.69, 9.17) is 0 Å². The Morgan fingerprint density at radius 3 is 2.09 bits per heavy atom. The lowest BCUT2D eigenvalue weighted by molar-refractivity contribution is -0.116. The topological polar surface area (TPSA) is 50.9 Å². The maximum atomic E-state index is 12.6. The number of carbonyl (C=O) groups excluding carboxylic acids is 1. The van der Waals surface area contributed by atoms with E-state index < -0.39 is 0 Å². The van der Waals surface area contributed by atoms with Crippen LogP contribution < -0.4 is 20.4 Å². The summed E-state index contributed by atoms with van der Waals surface area (Å²) >= 11 is 0. The first-order chi connectivity index (χ1) is 16.5. The van der Waals surface area contributed by atoms with Gasteiger partial charge in [0.15, 0.2) is 0 Å². The molecule has 1 atom stereocenters. The van der Waals surface area contributed by atoms with Crippen molar-refractivity contribution in [1.82, 2.24) is 4.90 Å². The molecule has 1 saturated heterocycles. The van der Waals surface area contributed by atoms with Gasteiger partial charge in [-0.05, 0) is 61.0 Å². The number of hydrogen-bond donors (Lipinski definition) is 2. The molecule has 2 N–H and O–H groups in total. The quantitative estimate of drug-likeness (QED) is 0.521. The largest absolute Gasteiger partial charge is 0.378 e. The molecule has 1 unspecified atom stereocenters. The lowest BCUT2D eigenvalue weighted by atomic mass is 10.2. The lowest BCUT2D eigenvalue weighted by Gasteiger charge is -2.36. The molecule has 0 spiro atoms. The molecule has 178 valence electrons. The fraction of sp³-hybridized carbons (Fsp3) is 0.321. The average molecular weight is 458 g/mol. The summed E-state index contributed by atoms with van der Waals surface area (Å²) in [5.41, 5.74) is 5.43. The van der Waals surface area contributed by atoms with Gasteiger partial charge < -0.3 is 20.4 Å². The highest BCUT2D eigenvalue weighted by atomic mass is 16.2. The highest BCUT2D eigenvalue weighted by Gasteiger charge is 2.18.